The molecule has 0 bridgehead atoms. The number of piperazine rings is 1. The second kappa shape index (κ2) is 12.2. The van der Waals surface area contributed by atoms with Crippen molar-refractivity contribution in [2.45, 2.75) is 13.0 Å². The SMILES string of the molecule is [C-]#[N+]c1c(Nc2nc(Nc3ccc(N4CCN(C)CC4)cc3)ncc2Cl)cccc1O[C@@H](C)c1ccccc1F. The molecule has 10 heteroatoms. The maximum Gasteiger partial charge on any atom is 0.250 e. The van der Waals surface area contributed by atoms with Gasteiger partial charge in [-0.05, 0) is 56.4 Å². The minimum Gasteiger partial charge on any atom is -0.497 e. The van der Waals surface area contributed by atoms with Crippen molar-refractivity contribution in [3.8, 4) is 5.75 Å². The first-order valence-corrected chi connectivity index (χ1v) is 13.3. The van der Waals surface area contributed by atoms with E-state index in [-0.39, 0.29) is 16.5 Å². The van der Waals surface area contributed by atoms with Crippen molar-refractivity contribution >= 4 is 46.1 Å². The number of hydrogen-bond donors (Lipinski definition) is 2. The van der Waals surface area contributed by atoms with E-state index in [9.17, 15) is 4.39 Å². The van der Waals surface area contributed by atoms with Crippen molar-refractivity contribution < 1.29 is 9.13 Å². The zero-order valence-corrected chi connectivity index (χ0v) is 23.0. The summed E-state index contributed by atoms with van der Waals surface area (Å²) in [6.45, 7) is 13.6. The number of benzene rings is 3. The van der Waals surface area contributed by atoms with E-state index in [1.54, 1.807) is 43.3 Å². The molecule has 2 heterocycles. The van der Waals surface area contributed by atoms with Gasteiger partial charge in [0, 0.05) is 48.8 Å². The van der Waals surface area contributed by atoms with Crippen LogP contribution < -0.4 is 20.3 Å². The van der Waals surface area contributed by atoms with Crippen molar-refractivity contribution in [1.82, 2.24) is 14.9 Å². The fourth-order valence-electron chi connectivity index (χ4n) is 4.48. The molecule has 0 radical (unpaired) electrons. The Morgan fingerprint density at radius 1 is 1.00 bits per heavy atom. The molecule has 40 heavy (non-hydrogen) atoms. The van der Waals surface area contributed by atoms with Crippen LogP contribution in [0, 0.1) is 12.4 Å². The van der Waals surface area contributed by atoms with E-state index in [0.717, 1.165) is 31.9 Å². The van der Waals surface area contributed by atoms with Crippen molar-refractivity contribution in [2.75, 3.05) is 48.8 Å². The van der Waals surface area contributed by atoms with Gasteiger partial charge < -0.3 is 25.2 Å². The van der Waals surface area contributed by atoms with Gasteiger partial charge in [0.1, 0.15) is 22.7 Å². The highest BCUT2D eigenvalue weighted by Crippen LogP contribution is 2.40. The average Bonchev–Trinajstić information content (AvgIpc) is 2.96. The molecule has 2 N–H and O–H groups in total. The van der Waals surface area contributed by atoms with E-state index in [2.05, 4.69) is 54.4 Å². The van der Waals surface area contributed by atoms with E-state index < -0.39 is 6.10 Å². The molecule has 0 unspecified atom stereocenters. The Bertz CT molecular complexity index is 1520. The average molecular weight is 558 g/mol. The molecule has 1 aromatic heterocycles. The third-order valence-corrected chi connectivity index (χ3v) is 7.02. The van der Waals surface area contributed by atoms with Gasteiger partial charge in [-0.3, -0.25) is 0 Å². The highest BCUT2D eigenvalue weighted by Gasteiger charge is 2.18. The van der Waals surface area contributed by atoms with Crippen molar-refractivity contribution in [3.63, 3.8) is 0 Å². The van der Waals surface area contributed by atoms with Crippen LogP contribution in [0.15, 0.2) is 72.9 Å². The van der Waals surface area contributed by atoms with E-state index >= 15 is 0 Å². The summed E-state index contributed by atoms with van der Waals surface area (Å²) in [4.78, 5) is 17.2. The summed E-state index contributed by atoms with van der Waals surface area (Å²) in [6, 6.07) is 19.7. The van der Waals surface area contributed by atoms with Crippen LogP contribution in [0.5, 0.6) is 5.75 Å². The number of aromatic nitrogens is 2. The van der Waals surface area contributed by atoms with Crippen molar-refractivity contribution in [3.05, 3.63) is 101 Å². The first-order chi connectivity index (χ1) is 19.4. The molecule has 204 valence electrons. The van der Waals surface area contributed by atoms with Gasteiger partial charge >= 0.3 is 0 Å². The minimum absolute atomic E-state index is 0.231. The number of nitrogens with zero attached hydrogens (tertiary/aromatic N) is 5. The summed E-state index contributed by atoms with van der Waals surface area (Å²) < 4.78 is 20.3. The summed E-state index contributed by atoms with van der Waals surface area (Å²) in [7, 11) is 2.14. The molecule has 1 aliphatic rings. The van der Waals surface area contributed by atoms with Gasteiger partial charge in [0.15, 0.2) is 5.82 Å². The number of para-hydroxylation sites is 1. The molecule has 4 aromatic rings. The topological polar surface area (TPSA) is 69.9 Å². The van der Waals surface area contributed by atoms with Crippen LogP contribution in [0.25, 0.3) is 4.85 Å². The lowest BCUT2D eigenvalue weighted by molar-refractivity contribution is 0.223. The lowest BCUT2D eigenvalue weighted by Crippen LogP contribution is -2.44. The van der Waals surface area contributed by atoms with Gasteiger partial charge in [-0.1, -0.05) is 35.9 Å². The predicted octanol–water partition coefficient (Wildman–Crippen LogP) is 7.20. The number of ether oxygens (including phenoxy) is 1. The number of halogens is 2. The molecule has 0 amide bonds. The number of hydrogen-bond acceptors (Lipinski definition) is 7. The third kappa shape index (κ3) is 6.25. The predicted molar refractivity (Wildman–Crippen MR) is 158 cm³/mol. The van der Waals surface area contributed by atoms with Gasteiger partial charge in [-0.2, -0.15) is 4.98 Å². The Hall–Kier alpha value is -4.39. The first-order valence-electron chi connectivity index (χ1n) is 12.9. The molecule has 0 saturated carbocycles. The molecule has 1 saturated heterocycles. The third-order valence-electron chi connectivity index (χ3n) is 6.75. The number of rotatable bonds is 8. The molecule has 3 aromatic carbocycles. The van der Waals surface area contributed by atoms with Gasteiger partial charge in [0.25, 0.3) is 5.69 Å². The monoisotopic (exact) mass is 557 g/mol. The van der Waals surface area contributed by atoms with Crippen LogP contribution in [-0.4, -0.2) is 48.1 Å². The van der Waals surface area contributed by atoms with Crippen molar-refractivity contribution in [1.29, 1.82) is 0 Å². The summed E-state index contributed by atoms with van der Waals surface area (Å²) >= 11 is 6.41. The summed E-state index contributed by atoms with van der Waals surface area (Å²) in [5.41, 5.74) is 3.11. The molecule has 5 rings (SSSR count). The second-order valence-corrected chi connectivity index (χ2v) is 9.93. The summed E-state index contributed by atoms with van der Waals surface area (Å²) in [5, 5.41) is 6.64. The normalized spacial score (nSPS) is 14.3. The Labute approximate surface area is 238 Å². The van der Waals surface area contributed by atoms with Crippen LogP contribution in [-0.2, 0) is 0 Å². The smallest absolute Gasteiger partial charge is 0.250 e. The fraction of sp³-hybridized carbons (Fsp3) is 0.233. The lowest BCUT2D eigenvalue weighted by atomic mass is 10.1. The van der Waals surface area contributed by atoms with Crippen LogP contribution in [0.2, 0.25) is 5.02 Å². The molecule has 1 atom stereocenters. The maximum atomic E-state index is 14.3. The Morgan fingerprint density at radius 2 is 1.75 bits per heavy atom. The number of anilines is 5. The van der Waals surface area contributed by atoms with E-state index in [1.165, 1.54) is 18.0 Å². The van der Waals surface area contributed by atoms with E-state index in [4.69, 9.17) is 22.9 Å². The lowest BCUT2D eigenvalue weighted by Gasteiger charge is -2.34. The van der Waals surface area contributed by atoms with Crippen molar-refractivity contribution in [2.24, 2.45) is 0 Å². The molecule has 1 aliphatic heterocycles. The molecular weight excluding hydrogens is 529 g/mol. The maximum absolute atomic E-state index is 14.3. The molecule has 1 fully saturated rings. The largest absolute Gasteiger partial charge is 0.497 e. The second-order valence-electron chi connectivity index (χ2n) is 9.52. The Kier molecular flexibility index (Phi) is 8.29. The van der Waals surface area contributed by atoms with Gasteiger partial charge in [-0.15, -0.1) is 0 Å². The summed E-state index contributed by atoms with van der Waals surface area (Å²) in [6.07, 6.45) is 0.897. The van der Waals surface area contributed by atoms with Gasteiger partial charge in [0.2, 0.25) is 5.95 Å². The Morgan fingerprint density at radius 3 is 2.48 bits per heavy atom. The number of likely N-dealkylation sites (N-methyl/N-ethyl adjacent to an activating group) is 1. The Balaban J connectivity index is 1.31. The molecule has 0 aliphatic carbocycles. The van der Waals surface area contributed by atoms with Crippen LogP contribution >= 0.6 is 11.6 Å². The quantitative estimate of drug-likeness (QED) is 0.222. The van der Waals surface area contributed by atoms with Gasteiger partial charge in [-0.25, -0.2) is 14.2 Å². The van der Waals surface area contributed by atoms with E-state index in [1.807, 2.05) is 12.1 Å². The standard InChI is InChI=1S/C30H29ClFN7O/c1-20(23-7-4-5-8-25(23)32)40-27-10-6-9-26(28(27)33-2)36-29-24(31)19-34-30(37-29)35-21-11-13-22(14-12-21)39-17-15-38(3)16-18-39/h4-14,19-20H,15-18H2,1,3H3,(H2,34,35,36,37)/t20-/m0/s1. The van der Waals surface area contributed by atoms with E-state index in [0.29, 0.717) is 28.8 Å². The molecule has 8 nitrogen and oxygen atoms in total. The first kappa shape index (κ1) is 27.2. The van der Waals surface area contributed by atoms with Crippen LogP contribution in [0.4, 0.5) is 38.9 Å². The molecule has 0 spiro atoms. The van der Waals surface area contributed by atoms with Crippen LogP contribution in [0.1, 0.15) is 18.6 Å². The summed E-state index contributed by atoms with van der Waals surface area (Å²) in [5.74, 6) is 0.636. The highest BCUT2D eigenvalue weighted by atomic mass is 35.5. The zero-order chi connectivity index (χ0) is 28.1. The van der Waals surface area contributed by atoms with Gasteiger partial charge in [0.05, 0.1) is 12.8 Å². The molecular formula is C30H29ClFN7O. The fourth-order valence-corrected chi connectivity index (χ4v) is 4.62. The van der Waals surface area contributed by atoms with Crippen LogP contribution in [0.3, 0.4) is 0 Å². The number of nitrogens with one attached hydrogen (secondary N) is 2. The highest BCUT2D eigenvalue weighted by molar-refractivity contribution is 6.33. The minimum atomic E-state index is -0.599. The zero-order valence-electron chi connectivity index (χ0n) is 22.2.